The van der Waals surface area contributed by atoms with Gasteiger partial charge in [0.05, 0.1) is 0 Å². The monoisotopic (exact) mass is 335 g/mol. The number of hydrogen-bond donors (Lipinski definition) is 2. The van der Waals surface area contributed by atoms with Crippen LogP contribution in [0.2, 0.25) is 0 Å². The normalized spacial score (nSPS) is 44.7. The van der Waals surface area contributed by atoms with E-state index in [2.05, 4.69) is 6.92 Å². The molecule has 0 aromatic heterocycles. The van der Waals surface area contributed by atoms with Crippen LogP contribution in [0.15, 0.2) is 0 Å². The Kier molecular flexibility index (Phi) is 4.25. The summed E-state index contributed by atoms with van der Waals surface area (Å²) in [5.41, 5.74) is 5.10. The van der Waals surface area contributed by atoms with Crippen molar-refractivity contribution in [3.8, 4) is 0 Å². The fourth-order valence-corrected chi connectivity index (χ4v) is 6.43. The summed E-state index contributed by atoms with van der Waals surface area (Å²) >= 11 is 0. The van der Waals surface area contributed by atoms with Crippen molar-refractivity contribution < 1.29 is 19.5 Å². The summed E-state index contributed by atoms with van der Waals surface area (Å²) in [6.07, 6.45) is 5.62. The number of hydrogen-bond acceptors (Lipinski definition) is 3. The number of carboxylic acid groups (broad SMARTS) is 1. The van der Waals surface area contributed by atoms with Gasteiger partial charge in [0.25, 0.3) is 0 Å². The molecule has 0 bridgehead atoms. The van der Waals surface area contributed by atoms with Crippen LogP contribution >= 0.6 is 0 Å². The summed E-state index contributed by atoms with van der Waals surface area (Å²) in [6, 6.07) is 0. The minimum Gasteiger partial charge on any atom is -0.481 e. The van der Waals surface area contributed by atoms with Gasteiger partial charge in [-0.05, 0) is 61.7 Å². The number of carbonyl (C=O) groups is 3. The van der Waals surface area contributed by atoms with Crippen molar-refractivity contribution in [3.63, 3.8) is 0 Å². The van der Waals surface area contributed by atoms with Gasteiger partial charge < -0.3 is 10.8 Å². The molecule has 3 aliphatic carbocycles. The fourth-order valence-electron chi connectivity index (χ4n) is 6.43. The zero-order chi connectivity index (χ0) is 17.7. The van der Waals surface area contributed by atoms with Crippen LogP contribution in [0, 0.1) is 34.5 Å². The fraction of sp³-hybridized carbons (Fsp3) is 0.842. The van der Waals surface area contributed by atoms with Crippen LogP contribution in [-0.4, -0.2) is 22.8 Å². The van der Waals surface area contributed by atoms with Crippen LogP contribution in [0.3, 0.4) is 0 Å². The summed E-state index contributed by atoms with van der Waals surface area (Å²) in [7, 11) is 0. The Balaban J connectivity index is 1.87. The lowest BCUT2D eigenvalue weighted by Gasteiger charge is -2.55. The van der Waals surface area contributed by atoms with Crippen molar-refractivity contribution >= 4 is 17.7 Å². The first-order valence-electron chi connectivity index (χ1n) is 9.24. The average molecular weight is 335 g/mol. The quantitative estimate of drug-likeness (QED) is 0.825. The minimum atomic E-state index is -0.832. The molecule has 3 fully saturated rings. The second-order valence-corrected chi connectivity index (χ2v) is 8.73. The maximum Gasteiger partial charge on any atom is 0.303 e. The first-order chi connectivity index (χ1) is 11.2. The zero-order valence-electron chi connectivity index (χ0n) is 14.7. The van der Waals surface area contributed by atoms with Crippen LogP contribution in [0.25, 0.3) is 0 Å². The van der Waals surface area contributed by atoms with Gasteiger partial charge in [-0.25, -0.2) is 0 Å². The van der Waals surface area contributed by atoms with E-state index in [1.54, 1.807) is 0 Å². The van der Waals surface area contributed by atoms with Crippen LogP contribution in [0.5, 0.6) is 0 Å². The van der Waals surface area contributed by atoms with Crippen LogP contribution in [-0.2, 0) is 14.4 Å². The molecular formula is C19H29NO4. The predicted octanol–water partition coefficient (Wildman–Crippen LogP) is 2.76. The van der Waals surface area contributed by atoms with Gasteiger partial charge >= 0.3 is 5.97 Å². The summed E-state index contributed by atoms with van der Waals surface area (Å²) < 4.78 is 0. The van der Waals surface area contributed by atoms with Crippen molar-refractivity contribution in [2.45, 2.75) is 65.2 Å². The molecular weight excluding hydrogens is 306 g/mol. The van der Waals surface area contributed by atoms with E-state index in [4.69, 9.17) is 10.8 Å². The second-order valence-electron chi connectivity index (χ2n) is 8.73. The average Bonchev–Trinajstić information content (AvgIpc) is 2.86. The Bertz CT molecular complexity index is 574. The molecule has 0 aromatic carbocycles. The molecule has 134 valence electrons. The Labute approximate surface area is 143 Å². The molecule has 3 aliphatic rings. The van der Waals surface area contributed by atoms with Gasteiger partial charge in [-0.3, -0.25) is 14.4 Å². The first kappa shape index (κ1) is 17.4. The molecule has 6 unspecified atom stereocenters. The lowest BCUT2D eigenvalue weighted by molar-refractivity contribution is -0.150. The van der Waals surface area contributed by atoms with Gasteiger partial charge in [-0.15, -0.1) is 0 Å². The van der Waals surface area contributed by atoms with E-state index in [1.807, 2.05) is 6.92 Å². The first-order valence-corrected chi connectivity index (χ1v) is 9.24. The molecule has 5 nitrogen and oxygen atoms in total. The van der Waals surface area contributed by atoms with Crippen molar-refractivity contribution in [2.75, 3.05) is 0 Å². The second kappa shape index (κ2) is 5.85. The number of nitrogens with two attached hydrogens (primary N) is 1. The molecule has 0 radical (unpaired) electrons. The number of fused-ring (bicyclic) bond motifs is 3. The number of carboxylic acids is 1. The van der Waals surface area contributed by atoms with Crippen molar-refractivity contribution in [1.82, 2.24) is 0 Å². The van der Waals surface area contributed by atoms with E-state index in [0.29, 0.717) is 24.7 Å². The highest BCUT2D eigenvalue weighted by molar-refractivity contribution is 5.86. The summed E-state index contributed by atoms with van der Waals surface area (Å²) in [4.78, 5) is 35.6. The molecule has 3 saturated carbocycles. The lowest BCUT2D eigenvalue weighted by Crippen LogP contribution is -2.53. The van der Waals surface area contributed by atoms with Gasteiger partial charge in [-0.1, -0.05) is 13.8 Å². The molecule has 0 heterocycles. The van der Waals surface area contributed by atoms with E-state index in [-0.39, 0.29) is 35.4 Å². The number of amides is 1. The topological polar surface area (TPSA) is 97.5 Å². The number of ketones is 1. The van der Waals surface area contributed by atoms with E-state index < -0.39 is 11.4 Å². The van der Waals surface area contributed by atoms with Crippen molar-refractivity contribution in [2.24, 2.45) is 40.2 Å². The molecule has 6 atom stereocenters. The maximum absolute atomic E-state index is 12.7. The van der Waals surface area contributed by atoms with E-state index in [1.165, 1.54) is 0 Å². The van der Waals surface area contributed by atoms with Gasteiger partial charge in [0.1, 0.15) is 5.78 Å². The zero-order valence-corrected chi connectivity index (χ0v) is 14.7. The highest BCUT2D eigenvalue weighted by atomic mass is 16.4. The Morgan fingerprint density at radius 1 is 1.17 bits per heavy atom. The van der Waals surface area contributed by atoms with E-state index in [9.17, 15) is 14.4 Å². The van der Waals surface area contributed by atoms with E-state index in [0.717, 1.165) is 32.1 Å². The number of carbonyl (C=O) groups excluding carboxylic acids is 2. The molecule has 24 heavy (non-hydrogen) atoms. The third-order valence-electron chi connectivity index (χ3n) is 7.80. The highest BCUT2D eigenvalue weighted by Crippen LogP contribution is 2.64. The van der Waals surface area contributed by atoms with Crippen molar-refractivity contribution in [3.05, 3.63) is 0 Å². The van der Waals surface area contributed by atoms with Gasteiger partial charge in [0.15, 0.2) is 0 Å². The third-order valence-corrected chi connectivity index (χ3v) is 7.80. The molecule has 0 aliphatic heterocycles. The summed E-state index contributed by atoms with van der Waals surface area (Å²) in [5, 5.41) is 9.07. The Morgan fingerprint density at radius 3 is 2.50 bits per heavy atom. The summed E-state index contributed by atoms with van der Waals surface area (Å²) in [6.45, 7) is 4.19. The lowest BCUT2D eigenvalue weighted by atomic mass is 9.48. The van der Waals surface area contributed by atoms with E-state index >= 15 is 0 Å². The maximum atomic E-state index is 12.7. The molecule has 3 rings (SSSR count). The molecule has 0 saturated heterocycles. The smallest absolute Gasteiger partial charge is 0.303 e. The summed E-state index contributed by atoms with van der Waals surface area (Å²) in [5.74, 6) is 0.281. The molecule has 1 amide bonds. The SMILES string of the molecule is CC1(CCC(=O)O)C(=O)CCC2C1CCC1(C)C(C(N)=O)CCC21. The third kappa shape index (κ3) is 2.47. The molecule has 0 spiro atoms. The molecule has 5 heteroatoms. The number of aliphatic carboxylic acids is 1. The number of Topliss-reactive ketones (excluding diaryl/α,β-unsaturated/α-hetero) is 1. The Morgan fingerprint density at radius 2 is 1.88 bits per heavy atom. The van der Waals surface area contributed by atoms with Crippen LogP contribution in [0.4, 0.5) is 0 Å². The van der Waals surface area contributed by atoms with Crippen LogP contribution in [0.1, 0.15) is 65.2 Å². The van der Waals surface area contributed by atoms with Gasteiger partial charge in [0.2, 0.25) is 5.91 Å². The number of rotatable bonds is 4. The van der Waals surface area contributed by atoms with Crippen molar-refractivity contribution in [1.29, 1.82) is 0 Å². The van der Waals surface area contributed by atoms with Gasteiger partial charge in [0, 0.05) is 24.2 Å². The minimum absolute atomic E-state index is 0.0406. The predicted molar refractivity (Wildman–Crippen MR) is 88.9 cm³/mol. The largest absolute Gasteiger partial charge is 0.481 e. The standard InChI is InChI=1S/C19H29NO4/c1-18-9-7-13-11(12(18)4-5-14(18)17(20)24)3-6-15(21)19(13,2)10-8-16(22)23/h11-14H,3-10H2,1-2H3,(H2,20,24)(H,22,23). The molecule has 3 N–H and O–H groups in total. The number of primary amides is 1. The van der Waals surface area contributed by atoms with Crippen LogP contribution < -0.4 is 5.73 Å². The highest BCUT2D eigenvalue weighted by Gasteiger charge is 2.60. The van der Waals surface area contributed by atoms with Gasteiger partial charge in [-0.2, -0.15) is 0 Å². The molecule has 0 aromatic rings. The Hall–Kier alpha value is -1.39.